The minimum atomic E-state index is 0.759. The number of guanidine groups is 1. The summed E-state index contributed by atoms with van der Waals surface area (Å²) < 4.78 is 0. The number of aliphatic imine (C=N–C) groups is 1. The monoisotopic (exact) mass is 300 g/mol. The van der Waals surface area contributed by atoms with Crippen LogP contribution in [0.5, 0.6) is 0 Å². The Balaban J connectivity index is 2.40. The predicted molar refractivity (Wildman–Crippen MR) is 91.8 cm³/mol. The highest BCUT2D eigenvalue weighted by Crippen LogP contribution is 2.06. The van der Waals surface area contributed by atoms with E-state index in [-0.39, 0.29) is 0 Å². The largest absolute Gasteiger partial charge is 0.357 e. The zero-order valence-corrected chi connectivity index (χ0v) is 14.5. The van der Waals surface area contributed by atoms with Crippen molar-refractivity contribution < 1.29 is 0 Å². The van der Waals surface area contributed by atoms with Crippen molar-refractivity contribution in [3.63, 3.8) is 0 Å². The van der Waals surface area contributed by atoms with Crippen molar-refractivity contribution >= 4 is 17.7 Å². The van der Waals surface area contributed by atoms with Crippen LogP contribution in [0.3, 0.4) is 0 Å². The lowest BCUT2D eigenvalue weighted by Crippen LogP contribution is -2.53. The van der Waals surface area contributed by atoms with Crippen molar-refractivity contribution in [1.29, 1.82) is 0 Å². The van der Waals surface area contributed by atoms with Crippen molar-refractivity contribution in [3.8, 4) is 0 Å². The molecule has 20 heavy (non-hydrogen) atoms. The Morgan fingerprint density at radius 3 is 2.50 bits per heavy atom. The number of nitrogens with zero attached hydrogens (tertiary/aromatic N) is 3. The minimum Gasteiger partial charge on any atom is -0.357 e. The lowest BCUT2D eigenvalue weighted by atomic mass is 10.2. The third-order valence-corrected chi connectivity index (χ3v) is 4.10. The summed E-state index contributed by atoms with van der Waals surface area (Å²) in [6.07, 6.45) is 3.33. The first kappa shape index (κ1) is 17.6. The smallest absolute Gasteiger partial charge is 0.194 e. The van der Waals surface area contributed by atoms with Crippen molar-refractivity contribution in [1.82, 2.24) is 15.1 Å². The van der Waals surface area contributed by atoms with Gasteiger partial charge in [-0.05, 0) is 31.3 Å². The number of rotatable bonds is 7. The molecular weight excluding hydrogens is 268 g/mol. The molecule has 0 spiro atoms. The van der Waals surface area contributed by atoms with Crippen LogP contribution in [0.25, 0.3) is 0 Å². The van der Waals surface area contributed by atoms with Gasteiger partial charge in [-0.15, -0.1) is 0 Å². The molecule has 0 saturated carbocycles. The van der Waals surface area contributed by atoms with Crippen LogP contribution in [0.15, 0.2) is 4.99 Å². The Labute approximate surface area is 129 Å². The number of hydrogen-bond donors (Lipinski definition) is 1. The van der Waals surface area contributed by atoms with Gasteiger partial charge in [0.25, 0.3) is 0 Å². The summed E-state index contributed by atoms with van der Waals surface area (Å²) in [4.78, 5) is 9.74. The second-order valence-corrected chi connectivity index (χ2v) is 6.75. The van der Waals surface area contributed by atoms with Gasteiger partial charge >= 0.3 is 0 Å². The Bertz CT molecular complexity index is 273. The van der Waals surface area contributed by atoms with Crippen molar-refractivity contribution in [2.75, 3.05) is 57.8 Å². The van der Waals surface area contributed by atoms with Gasteiger partial charge in [-0.2, -0.15) is 11.8 Å². The number of nitrogens with one attached hydrogen (secondary N) is 1. The molecule has 0 aromatic rings. The summed E-state index contributed by atoms with van der Waals surface area (Å²) in [6.45, 7) is 14.4. The topological polar surface area (TPSA) is 30.9 Å². The van der Waals surface area contributed by atoms with Crippen LogP contribution in [0.2, 0.25) is 0 Å². The maximum absolute atomic E-state index is 4.76. The average molecular weight is 301 g/mol. The van der Waals surface area contributed by atoms with Crippen LogP contribution in [0.4, 0.5) is 0 Å². The zero-order valence-electron chi connectivity index (χ0n) is 13.7. The van der Waals surface area contributed by atoms with Gasteiger partial charge in [0.05, 0.1) is 0 Å². The molecule has 0 radical (unpaired) electrons. The molecule has 4 nitrogen and oxygen atoms in total. The lowest BCUT2D eigenvalue weighted by molar-refractivity contribution is 0.164. The summed E-state index contributed by atoms with van der Waals surface area (Å²) in [7, 11) is 0. The molecule has 0 unspecified atom stereocenters. The number of piperazine rings is 1. The van der Waals surface area contributed by atoms with E-state index >= 15 is 0 Å². The summed E-state index contributed by atoms with van der Waals surface area (Å²) in [5, 5.41) is 3.44. The van der Waals surface area contributed by atoms with E-state index < -0.39 is 0 Å². The molecule has 1 aliphatic heterocycles. The maximum atomic E-state index is 4.76. The standard InChI is InChI=1S/C15H32N4S/c1-5-16-15(17-7-6-12-20-4)19-10-8-18(9-11-19)13-14(2)3/h14H,5-13H2,1-4H3,(H,16,17). The molecule has 0 bridgehead atoms. The number of thioether (sulfide) groups is 1. The molecule has 118 valence electrons. The molecule has 1 aliphatic rings. The molecule has 1 saturated heterocycles. The van der Waals surface area contributed by atoms with E-state index in [4.69, 9.17) is 4.99 Å². The van der Waals surface area contributed by atoms with Gasteiger partial charge in [0.2, 0.25) is 0 Å². The summed E-state index contributed by atoms with van der Waals surface area (Å²) in [5.74, 6) is 3.07. The van der Waals surface area contributed by atoms with E-state index in [0.29, 0.717) is 0 Å². The van der Waals surface area contributed by atoms with Crippen LogP contribution in [-0.4, -0.2) is 73.6 Å². The van der Waals surface area contributed by atoms with E-state index in [1.165, 1.54) is 18.7 Å². The van der Waals surface area contributed by atoms with E-state index in [1.54, 1.807) is 0 Å². The van der Waals surface area contributed by atoms with Crippen molar-refractivity contribution in [3.05, 3.63) is 0 Å². The second kappa shape index (κ2) is 10.3. The molecule has 5 heteroatoms. The normalized spacial score (nSPS) is 17.9. The highest BCUT2D eigenvalue weighted by Gasteiger charge is 2.19. The molecule has 0 aliphatic carbocycles. The molecule has 1 rings (SSSR count). The van der Waals surface area contributed by atoms with E-state index in [2.05, 4.69) is 42.1 Å². The predicted octanol–water partition coefficient (Wildman–Crippen LogP) is 1.98. The molecule has 0 amide bonds. The van der Waals surface area contributed by atoms with E-state index in [9.17, 15) is 0 Å². The first-order valence-electron chi connectivity index (χ1n) is 7.92. The van der Waals surface area contributed by atoms with Gasteiger partial charge in [-0.25, -0.2) is 0 Å². The third-order valence-electron chi connectivity index (χ3n) is 3.40. The lowest BCUT2D eigenvalue weighted by Gasteiger charge is -2.37. The van der Waals surface area contributed by atoms with Gasteiger partial charge in [-0.3, -0.25) is 9.89 Å². The Hall–Kier alpha value is -0.420. The number of hydrogen-bond acceptors (Lipinski definition) is 3. The molecule has 1 heterocycles. The minimum absolute atomic E-state index is 0.759. The summed E-state index contributed by atoms with van der Waals surface area (Å²) in [6, 6.07) is 0. The van der Waals surface area contributed by atoms with E-state index in [1.807, 2.05) is 11.8 Å². The van der Waals surface area contributed by atoms with Crippen LogP contribution < -0.4 is 5.32 Å². The summed E-state index contributed by atoms with van der Waals surface area (Å²) >= 11 is 1.90. The van der Waals surface area contributed by atoms with Gasteiger partial charge < -0.3 is 10.2 Å². The van der Waals surface area contributed by atoms with Gasteiger partial charge in [0, 0.05) is 45.8 Å². The molecule has 0 aromatic heterocycles. The first-order valence-corrected chi connectivity index (χ1v) is 9.31. The van der Waals surface area contributed by atoms with Crippen LogP contribution in [0, 0.1) is 5.92 Å². The molecule has 1 fully saturated rings. The van der Waals surface area contributed by atoms with Crippen molar-refractivity contribution in [2.45, 2.75) is 27.2 Å². The summed E-state index contributed by atoms with van der Waals surface area (Å²) in [5.41, 5.74) is 0. The van der Waals surface area contributed by atoms with Gasteiger partial charge in [-0.1, -0.05) is 13.8 Å². The second-order valence-electron chi connectivity index (χ2n) is 5.76. The van der Waals surface area contributed by atoms with E-state index in [0.717, 1.165) is 51.1 Å². The Morgan fingerprint density at radius 2 is 1.95 bits per heavy atom. The fraction of sp³-hybridized carbons (Fsp3) is 0.933. The molecule has 1 N–H and O–H groups in total. The SMILES string of the molecule is CCNC(=NCCCSC)N1CCN(CC(C)C)CC1. The first-order chi connectivity index (χ1) is 9.67. The van der Waals surface area contributed by atoms with Gasteiger partial charge in [0.15, 0.2) is 5.96 Å². The molecule has 0 atom stereocenters. The van der Waals surface area contributed by atoms with Crippen molar-refractivity contribution in [2.24, 2.45) is 10.9 Å². The Kier molecular flexibility index (Phi) is 9.10. The maximum Gasteiger partial charge on any atom is 0.194 e. The fourth-order valence-electron chi connectivity index (χ4n) is 2.48. The molecule has 0 aromatic carbocycles. The highest BCUT2D eigenvalue weighted by atomic mass is 32.2. The van der Waals surface area contributed by atoms with Crippen LogP contribution in [-0.2, 0) is 0 Å². The highest BCUT2D eigenvalue weighted by molar-refractivity contribution is 7.98. The average Bonchev–Trinajstić information content (AvgIpc) is 2.43. The zero-order chi connectivity index (χ0) is 14.8. The molecular formula is C15H32N4S. The third kappa shape index (κ3) is 6.84. The van der Waals surface area contributed by atoms with Crippen LogP contribution in [0.1, 0.15) is 27.2 Å². The van der Waals surface area contributed by atoms with Crippen LogP contribution >= 0.6 is 11.8 Å². The fourth-order valence-corrected chi connectivity index (χ4v) is 2.90. The Morgan fingerprint density at radius 1 is 1.25 bits per heavy atom. The van der Waals surface area contributed by atoms with Gasteiger partial charge in [0.1, 0.15) is 0 Å². The quantitative estimate of drug-likeness (QED) is 0.442.